The Morgan fingerprint density at radius 3 is 1.68 bits per heavy atom. The van der Waals surface area contributed by atoms with Crippen molar-refractivity contribution in [3.05, 3.63) is 140 Å². The van der Waals surface area contributed by atoms with Crippen LogP contribution in [0.2, 0.25) is 0 Å². The third kappa shape index (κ3) is 3.59. The van der Waals surface area contributed by atoms with Gasteiger partial charge >= 0.3 is 0 Å². The zero-order chi connectivity index (χ0) is 28.8. The van der Waals surface area contributed by atoms with Crippen molar-refractivity contribution in [3.63, 3.8) is 0 Å². The Morgan fingerprint density at radius 1 is 0.364 bits per heavy atom. The van der Waals surface area contributed by atoms with Gasteiger partial charge in [-0.1, -0.05) is 72.8 Å². The standard InChI is InChI=1S/C40H23NOS2/c1-2-8-25-20-38-34(19-24(25)7-1)33-18-15-28(23-40(33)44-38)41(26-13-16-30-29-9-3-5-11-35(29)42-36(30)21-26)27-14-17-32-31-10-4-6-12-37(31)43-39(32)22-27/h1-23H. The molecule has 0 bridgehead atoms. The second-order valence-corrected chi connectivity index (χ2v) is 13.5. The van der Waals surface area contributed by atoms with Gasteiger partial charge in [0.1, 0.15) is 11.2 Å². The molecule has 0 aliphatic carbocycles. The number of para-hydroxylation sites is 1. The predicted molar refractivity (Wildman–Crippen MR) is 192 cm³/mol. The molecule has 4 heteroatoms. The number of fused-ring (bicyclic) bond motifs is 10. The minimum Gasteiger partial charge on any atom is -0.456 e. The molecule has 7 aromatic carbocycles. The smallest absolute Gasteiger partial charge is 0.137 e. The van der Waals surface area contributed by atoms with Gasteiger partial charge in [0.25, 0.3) is 0 Å². The maximum absolute atomic E-state index is 6.35. The second kappa shape index (κ2) is 9.17. The molecule has 0 spiro atoms. The van der Waals surface area contributed by atoms with Gasteiger partial charge in [0.15, 0.2) is 0 Å². The Morgan fingerprint density at radius 2 is 0.886 bits per heavy atom. The summed E-state index contributed by atoms with van der Waals surface area (Å²) in [4.78, 5) is 2.37. The van der Waals surface area contributed by atoms with E-state index in [0.29, 0.717) is 0 Å². The third-order valence-electron chi connectivity index (χ3n) is 8.82. The maximum atomic E-state index is 6.35. The van der Waals surface area contributed by atoms with E-state index in [2.05, 4.69) is 132 Å². The lowest BCUT2D eigenvalue weighted by Crippen LogP contribution is -2.09. The number of benzene rings is 7. The van der Waals surface area contributed by atoms with E-state index in [9.17, 15) is 0 Å². The molecule has 0 aliphatic rings. The Balaban J connectivity index is 1.20. The maximum Gasteiger partial charge on any atom is 0.137 e. The molecule has 0 N–H and O–H groups in total. The van der Waals surface area contributed by atoms with Gasteiger partial charge < -0.3 is 9.32 Å². The van der Waals surface area contributed by atoms with Gasteiger partial charge in [0.2, 0.25) is 0 Å². The quantitative estimate of drug-likeness (QED) is 0.201. The molecular weight excluding hydrogens is 575 g/mol. The molecule has 3 heterocycles. The monoisotopic (exact) mass is 597 g/mol. The van der Waals surface area contributed by atoms with E-state index in [4.69, 9.17) is 4.42 Å². The van der Waals surface area contributed by atoms with Crippen LogP contribution in [-0.4, -0.2) is 0 Å². The van der Waals surface area contributed by atoms with Crippen LogP contribution in [0.1, 0.15) is 0 Å². The van der Waals surface area contributed by atoms with Crippen molar-refractivity contribution >= 4 is 113 Å². The highest BCUT2D eigenvalue weighted by Crippen LogP contribution is 2.44. The van der Waals surface area contributed by atoms with Crippen LogP contribution in [0, 0.1) is 0 Å². The van der Waals surface area contributed by atoms with Crippen molar-refractivity contribution in [2.24, 2.45) is 0 Å². The first kappa shape index (κ1) is 24.3. The van der Waals surface area contributed by atoms with Crippen LogP contribution >= 0.6 is 22.7 Å². The number of rotatable bonds is 3. The highest BCUT2D eigenvalue weighted by atomic mass is 32.1. The molecule has 0 unspecified atom stereocenters. The molecule has 0 radical (unpaired) electrons. The number of hydrogen-bond acceptors (Lipinski definition) is 4. The second-order valence-electron chi connectivity index (χ2n) is 11.4. The van der Waals surface area contributed by atoms with Gasteiger partial charge in [-0.3, -0.25) is 0 Å². The van der Waals surface area contributed by atoms with Crippen LogP contribution in [0.5, 0.6) is 0 Å². The van der Waals surface area contributed by atoms with Gasteiger partial charge in [0.05, 0.1) is 0 Å². The molecule has 2 nitrogen and oxygen atoms in total. The number of furan rings is 1. The lowest BCUT2D eigenvalue weighted by atomic mass is 10.1. The summed E-state index contributed by atoms with van der Waals surface area (Å²) in [6.45, 7) is 0. The fourth-order valence-corrected chi connectivity index (χ4v) is 9.05. The average molecular weight is 598 g/mol. The Labute approximate surface area is 260 Å². The fourth-order valence-electron chi connectivity index (χ4n) is 6.74. The van der Waals surface area contributed by atoms with Crippen LogP contribution < -0.4 is 4.90 Å². The zero-order valence-corrected chi connectivity index (χ0v) is 25.1. The Hall–Kier alpha value is -5.16. The Kier molecular flexibility index (Phi) is 5.06. The van der Waals surface area contributed by atoms with Crippen molar-refractivity contribution in [3.8, 4) is 0 Å². The van der Waals surface area contributed by atoms with Crippen LogP contribution in [0.25, 0.3) is 73.1 Å². The van der Waals surface area contributed by atoms with Gasteiger partial charge in [-0.2, -0.15) is 0 Å². The summed E-state index contributed by atoms with van der Waals surface area (Å²) in [5, 5.41) is 10.1. The molecular formula is C40H23NOS2. The number of anilines is 3. The van der Waals surface area contributed by atoms with Crippen LogP contribution in [0.15, 0.2) is 144 Å². The van der Waals surface area contributed by atoms with Crippen molar-refractivity contribution in [1.82, 2.24) is 0 Å². The number of thiophene rings is 2. The predicted octanol–water partition coefficient (Wildman–Crippen LogP) is 12.9. The summed E-state index contributed by atoms with van der Waals surface area (Å²) in [6.07, 6.45) is 0. The summed E-state index contributed by atoms with van der Waals surface area (Å²) in [5.41, 5.74) is 5.14. The van der Waals surface area contributed by atoms with Crippen LogP contribution in [0.4, 0.5) is 17.1 Å². The van der Waals surface area contributed by atoms with Crippen LogP contribution in [-0.2, 0) is 0 Å². The van der Waals surface area contributed by atoms with E-state index in [1.807, 2.05) is 34.8 Å². The summed E-state index contributed by atoms with van der Waals surface area (Å²) < 4.78 is 11.5. The van der Waals surface area contributed by atoms with Gasteiger partial charge in [0, 0.05) is 74.2 Å². The highest BCUT2D eigenvalue weighted by molar-refractivity contribution is 7.26. The summed E-state index contributed by atoms with van der Waals surface area (Å²) in [7, 11) is 0. The number of nitrogens with zero attached hydrogens (tertiary/aromatic N) is 1. The van der Waals surface area contributed by atoms with E-state index in [0.717, 1.165) is 39.0 Å². The van der Waals surface area contributed by atoms with Crippen molar-refractivity contribution in [2.45, 2.75) is 0 Å². The number of hydrogen-bond donors (Lipinski definition) is 0. The van der Waals surface area contributed by atoms with E-state index >= 15 is 0 Å². The molecule has 0 atom stereocenters. The molecule has 0 saturated heterocycles. The fraction of sp³-hybridized carbons (Fsp3) is 0. The summed E-state index contributed by atoms with van der Waals surface area (Å²) >= 11 is 3.72. The Bertz CT molecular complexity index is 2630. The topological polar surface area (TPSA) is 16.4 Å². The SMILES string of the molecule is c1ccc2cc3c(cc2c1)sc1cc(N(c2ccc4c(c2)oc2ccccc24)c2ccc4c(c2)sc2ccccc24)ccc13. The minimum atomic E-state index is 0.895. The van der Waals surface area contributed by atoms with Gasteiger partial charge in [-0.25, -0.2) is 0 Å². The van der Waals surface area contributed by atoms with E-state index in [1.54, 1.807) is 0 Å². The van der Waals surface area contributed by atoms with Crippen molar-refractivity contribution in [2.75, 3.05) is 4.90 Å². The molecule has 0 aliphatic heterocycles. The van der Waals surface area contributed by atoms with Crippen LogP contribution in [0.3, 0.4) is 0 Å². The third-order valence-corrected chi connectivity index (χ3v) is 11.1. The molecule has 10 rings (SSSR count). The molecule has 3 aromatic heterocycles. The molecule has 0 fully saturated rings. The van der Waals surface area contributed by atoms with E-state index in [-0.39, 0.29) is 0 Å². The summed E-state index contributed by atoms with van der Waals surface area (Å²) in [5.74, 6) is 0. The first-order valence-corrected chi connectivity index (χ1v) is 16.4. The molecule has 10 aromatic rings. The van der Waals surface area contributed by atoms with Gasteiger partial charge in [-0.15, -0.1) is 22.7 Å². The minimum absolute atomic E-state index is 0.895. The van der Waals surface area contributed by atoms with E-state index < -0.39 is 0 Å². The largest absolute Gasteiger partial charge is 0.456 e. The molecule has 206 valence electrons. The first-order valence-electron chi connectivity index (χ1n) is 14.7. The molecule has 44 heavy (non-hydrogen) atoms. The highest BCUT2D eigenvalue weighted by Gasteiger charge is 2.18. The van der Waals surface area contributed by atoms with Gasteiger partial charge in [-0.05, 0) is 71.4 Å². The lowest BCUT2D eigenvalue weighted by molar-refractivity contribution is 0.669. The zero-order valence-electron chi connectivity index (χ0n) is 23.5. The van der Waals surface area contributed by atoms with Crippen molar-refractivity contribution < 1.29 is 4.42 Å². The molecule has 0 saturated carbocycles. The lowest BCUT2D eigenvalue weighted by Gasteiger charge is -2.25. The normalized spacial score (nSPS) is 12.1. The summed E-state index contributed by atoms with van der Waals surface area (Å²) in [6, 6.07) is 50.6. The first-order chi connectivity index (χ1) is 21.8. The van der Waals surface area contributed by atoms with Crippen molar-refractivity contribution in [1.29, 1.82) is 0 Å². The van der Waals surface area contributed by atoms with E-state index in [1.165, 1.54) is 51.1 Å². The molecule has 0 amide bonds. The average Bonchev–Trinajstić information content (AvgIpc) is 3.73.